The van der Waals surface area contributed by atoms with Gasteiger partial charge in [-0.3, -0.25) is 0 Å². The maximum absolute atomic E-state index is 4.83. The lowest BCUT2D eigenvalue weighted by atomic mass is 10.3. The Morgan fingerprint density at radius 1 is 1.12 bits per heavy atom. The van der Waals surface area contributed by atoms with Gasteiger partial charge < -0.3 is 3.79 Å². The van der Waals surface area contributed by atoms with E-state index in [0.717, 1.165) is 5.75 Å². The summed E-state index contributed by atoms with van der Waals surface area (Å²) in [5.74, 6) is 0.873. The first-order valence-corrected chi connectivity index (χ1v) is 2.82. The minimum absolute atomic E-state index is 0.873. The van der Waals surface area contributed by atoms with Gasteiger partial charge in [-0.15, -0.1) is 0 Å². The zero-order chi connectivity index (χ0) is 5.82. The molecule has 0 aliphatic heterocycles. The van der Waals surface area contributed by atoms with Gasteiger partial charge in [-0.25, -0.2) is 0 Å². The molecule has 0 saturated heterocycles. The first-order valence-electron chi connectivity index (χ1n) is 2.35. The Hall–Kier alpha value is -0.448. The Bertz CT molecular complexity index is 150. The van der Waals surface area contributed by atoms with Crippen molar-refractivity contribution in [3.63, 3.8) is 0 Å². The van der Waals surface area contributed by atoms with Crippen LogP contribution in [0.1, 0.15) is 0 Å². The fourth-order valence-electron chi connectivity index (χ4n) is 0.499. The van der Waals surface area contributed by atoms with E-state index in [0.29, 0.717) is 0 Å². The highest BCUT2D eigenvalue weighted by Crippen LogP contribution is 2.05. The van der Waals surface area contributed by atoms with Crippen molar-refractivity contribution < 1.29 is 3.79 Å². The average molecular weight is 120 g/mol. The van der Waals surface area contributed by atoms with Crippen LogP contribution in [0.4, 0.5) is 0 Å². The van der Waals surface area contributed by atoms with E-state index in [1.54, 1.807) is 0 Å². The fraction of sp³-hybridized carbons (Fsp3) is 0. The molecular weight excluding hydrogens is 115 g/mol. The fourth-order valence-corrected chi connectivity index (χ4v) is 0.656. The summed E-state index contributed by atoms with van der Waals surface area (Å²) < 4.78 is 4.83. The molecule has 0 unspecified atom stereocenters. The van der Waals surface area contributed by atoms with Gasteiger partial charge in [0.05, 0.1) is 5.75 Å². The van der Waals surface area contributed by atoms with E-state index in [1.165, 1.54) is 0 Å². The van der Waals surface area contributed by atoms with Crippen LogP contribution in [0.2, 0.25) is 0 Å². The van der Waals surface area contributed by atoms with Gasteiger partial charge in [0.15, 0.2) is 0 Å². The third-order valence-electron chi connectivity index (χ3n) is 0.879. The Morgan fingerprint density at radius 3 is 2.12 bits per heavy atom. The van der Waals surface area contributed by atoms with Gasteiger partial charge in [-0.1, -0.05) is 18.2 Å². The molecule has 2 radical (unpaired) electrons. The second kappa shape index (κ2) is 2.76. The van der Waals surface area contributed by atoms with E-state index in [2.05, 4.69) is 16.6 Å². The third-order valence-corrected chi connectivity index (χ3v) is 1.15. The Kier molecular flexibility index (Phi) is 1.96. The summed E-state index contributed by atoms with van der Waals surface area (Å²) in [7, 11) is 0. The molecule has 0 aliphatic carbocycles. The van der Waals surface area contributed by atoms with Crippen LogP contribution in [0, 0.1) is 0 Å². The summed E-state index contributed by atoms with van der Waals surface area (Å²) >= 11 is 2.19. The summed E-state index contributed by atoms with van der Waals surface area (Å²) in [6, 6.07) is 9.60. The van der Waals surface area contributed by atoms with Crippen LogP contribution < -0.4 is 3.79 Å². The van der Waals surface area contributed by atoms with E-state index in [1.807, 2.05) is 30.3 Å². The van der Waals surface area contributed by atoms with E-state index in [4.69, 9.17) is 3.79 Å². The van der Waals surface area contributed by atoms with Gasteiger partial charge >= 0.3 is 16.6 Å². The lowest BCUT2D eigenvalue weighted by Gasteiger charge is -1.97. The zero-order valence-corrected chi connectivity index (χ0v) is 5.53. The third kappa shape index (κ3) is 1.26. The van der Waals surface area contributed by atoms with Crippen LogP contribution in [-0.2, 0) is 0 Å². The van der Waals surface area contributed by atoms with Gasteiger partial charge in [-0.2, -0.15) is 0 Å². The van der Waals surface area contributed by atoms with Crippen molar-refractivity contribution in [3.05, 3.63) is 30.3 Å². The van der Waals surface area contributed by atoms with Gasteiger partial charge in [0.25, 0.3) is 0 Å². The predicted octanol–water partition coefficient (Wildman–Crippen LogP) is 1.15. The SMILES string of the molecule is [Al][O]c1ccccc1. The molecule has 1 aromatic rings. The normalized spacial score (nSPS) is 8.50. The van der Waals surface area contributed by atoms with E-state index < -0.39 is 0 Å². The standard InChI is InChI=1S/C6H6O.Al/c7-6-4-2-1-3-5-6;/h1-5,7H;/q;+1/p-1. The maximum atomic E-state index is 4.83. The lowest BCUT2D eigenvalue weighted by Crippen LogP contribution is -1.81. The molecule has 0 saturated carbocycles. The topological polar surface area (TPSA) is 9.23 Å². The first kappa shape index (κ1) is 5.68. The monoisotopic (exact) mass is 120 g/mol. The van der Waals surface area contributed by atoms with Crippen LogP contribution in [0.15, 0.2) is 30.3 Å². The van der Waals surface area contributed by atoms with Crippen molar-refractivity contribution in [2.45, 2.75) is 0 Å². The van der Waals surface area contributed by atoms with Crippen molar-refractivity contribution in [3.8, 4) is 5.75 Å². The first-order chi connectivity index (χ1) is 3.93. The van der Waals surface area contributed by atoms with Crippen LogP contribution in [-0.4, -0.2) is 16.6 Å². The minimum Gasteiger partial charge on any atom is -0.654 e. The molecule has 2 heteroatoms. The molecule has 0 fully saturated rings. The summed E-state index contributed by atoms with van der Waals surface area (Å²) in [5.41, 5.74) is 0. The smallest absolute Gasteiger partial charge is 0.482 e. The molecule has 0 N–H and O–H groups in total. The van der Waals surface area contributed by atoms with E-state index in [-0.39, 0.29) is 0 Å². The predicted molar refractivity (Wildman–Crippen MR) is 32.8 cm³/mol. The van der Waals surface area contributed by atoms with Crippen molar-refractivity contribution in [1.82, 2.24) is 0 Å². The molecule has 0 atom stereocenters. The van der Waals surface area contributed by atoms with Crippen LogP contribution in [0.5, 0.6) is 5.75 Å². The highest BCUT2D eigenvalue weighted by atomic mass is 27.1. The average Bonchev–Trinajstić information content (AvgIpc) is 1.90. The zero-order valence-electron chi connectivity index (χ0n) is 4.37. The number of hydrogen-bond acceptors (Lipinski definition) is 1. The Morgan fingerprint density at radius 2 is 1.75 bits per heavy atom. The van der Waals surface area contributed by atoms with Crippen molar-refractivity contribution >= 4 is 16.6 Å². The van der Waals surface area contributed by atoms with Gasteiger partial charge in [0.1, 0.15) is 0 Å². The van der Waals surface area contributed by atoms with Crippen LogP contribution >= 0.6 is 0 Å². The molecule has 0 bridgehead atoms. The van der Waals surface area contributed by atoms with Gasteiger partial charge in [-0.05, 0) is 12.1 Å². The summed E-state index contributed by atoms with van der Waals surface area (Å²) in [4.78, 5) is 0. The second-order valence-corrected chi connectivity index (χ2v) is 1.67. The van der Waals surface area contributed by atoms with Crippen LogP contribution in [0.3, 0.4) is 0 Å². The molecule has 1 nitrogen and oxygen atoms in total. The molecule has 38 valence electrons. The molecular formula is C6H5AlO. The van der Waals surface area contributed by atoms with E-state index >= 15 is 0 Å². The highest BCUT2D eigenvalue weighted by Gasteiger charge is 1.79. The molecule has 0 heterocycles. The summed E-state index contributed by atoms with van der Waals surface area (Å²) in [5, 5.41) is 0. The van der Waals surface area contributed by atoms with Crippen molar-refractivity contribution in [2.75, 3.05) is 0 Å². The molecule has 1 aromatic carbocycles. The Labute approximate surface area is 57.0 Å². The molecule has 8 heavy (non-hydrogen) atoms. The van der Waals surface area contributed by atoms with Crippen molar-refractivity contribution in [1.29, 1.82) is 0 Å². The largest absolute Gasteiger partial charge is 0.654 e. The number of para-hydroxylation sites is 1. The Balaban J connectivity index is 2.83. The quantitative estimate of drug-likeness (QED) is 0.505. The number of hydrogen-bond donors (Lipinski definition) is 0. The summed E-state index contributed by atoms with van der Waals surface area (Å²) in [6.07, 6.45) is 0. The van der Waals surface area contributed by atoms with Gasteiger partial charge in [0.2, 0.25) is 0 Å². The molecule has 0 amide bonds. The molecule has 0 aromatic heterocycles. The van der Waals surface area contributed by atoms with Gasteiger partial charge in [0, 0.05) is 0 Å². The van der Waals surface area contributed by atoms with Crippen LogP contribution in [0.25, 0.3) is 0 Å². The molecule has 1 rings (SSSR count). The molecule has 0 aliphatic rings. The highest BCUT2D eigenvalue weighted by molar-refractivity contribution is 5.99. The lowest BCUT2D eigenvalue weighted by molar-refractivity contribution is 0.616. The second-order valence-electron chi connectivity index (χ2n) is 1.43. The molecule has 0 spiro atoms. The summed E-state index contributed by atoms with van der Waals surface area (Å²) in [6.45, 7) is 0. The van der Waals surface area contributed by atoms with Crippen molar-refractivity contribution in [2.24, 2.45) is 0 Å². The maximum Gasteiger partial charge on any atom is 0.482 e. The number of benzene rings is 1. The van der Waals surface area contributed by atoms with E-state index in [9.17, 15) is 0 Å². The minimum atomic E-state index is 0.873. The number of rotatable bonds is 1.